The third kappa shape index (κ3) is 3.98. The van der Waals surface area contributed by atoms with Gasteiger partial charge in [-0.25, -0.2) is 4.98 Å². The lowest BCUT2D eigenvalue weighted by Gasteiger charge is -2.22. The molecule has 94 valence electrons. The van der Waals surface area contributed by atoms with Crippen LogP contribution in [0.4, 0.5) is 0 Å². The van der Waals surface area contributed by atoms with Crippen molar-refractivity contribution < 1.29 is 4.74 Å². The first-order valence-electron chi connectivity index (χ1n) is 6.29. The molecule has 1 saturated heterocycles. The van der Waals surface area contributed by atoms with Gasteiger partial charge in [0.15, 0.2) is 0 Å². The van der Waals surface area contributed by atoms with Gasteiger partial charge in [0.25, 0.3) is 0 Å². The van der Waals surface area contributed by atoms with Crippen LogP contribution in [0, 0.1) is 5.92 Å². The summed E-state index contributed by atoms with van der Waals surface area (Å²) < 4.78 is 5.10. The highest BCUT2D eigenvalue weighted by Crippen LogP contribution is 2.11. The predicted molar refractivity (Wildman–Crippen MR) is 68.1 cm³/mol. The molecular formula is C13H21N3O. The van der Waals surface area contributed by atoms with E-state index in [1.807, 2.05) is 12.1 Å². The van der Waals surface area contributed by atoms with Crippen molar-refractivity contribution in [2.45, 2.75) is 19.4 Å². The van der Waals surface area contributed by atoms with Crippen LogP contribution < -0.4 is 15.4 Å². The number of methoxy groups -OCH3 is 1. The van der Waals surface area contributed by atoms with Gasteiger partial charge in [0.1, 0.15) is 0 Å². The lowest BCUT2D eigenvalue weighted by Crippen LogP contribution is -2.33. The topological polar surface area (TPSA) is 46.2 Å². The fourth-order valence-corrected chi connectivity index (χ4v) is 2.18. The maximum absolute atomic E-state index is 5.10. The Bertz CT molecular complexity index is 337. The zero-order valence-corrected chi connectivity index (χ0v) is 10.4. The van der Waals surface area contributed by atoms with Crippen LogP contribution in [0.15, 0.2) is 18.3 Å². The van der Waals surface area contributed by atoms with E-state index >= 15 is 0 Å². The number of pyridine rings is 1. The number of piperidine rings is 1. The van der Waals surface area contributed by atoms with Gasteiger partial charge in [0.2, 0.25) is 5.88 Å². The standard InChI is InChI=1S/C13H21N3O/c1-17-13-8-12(4-7-16-13)10-15-9-11-2-5-14-6-3-11/h4,7-8,11,14-15H,2-3,5-6,9-10H2,1H3. The summed E-state index contributed by atoms with van der Waals surface area (Å²) in [6.45, 7) is 4.32. The minimum atomic E-state index is 0.686. The van der Waals surface area contributed by atoms with Crippen LogP contribution in [0.2, 0.25) is 0 Å². The van der Waals surface area contributed by atoms with Crippen LogP contribution >= 0.6 is 0 Å². The van der Waals surface area contributed by atoms with Crippen LogP contribution in [-0.2, 0) is 6.54 Å². The number of aromatic nitrogens is 1. The molecule has 0 bridgehead atoms. The molecule has 1 aliphatic heterocycles. The molecule has 1 aromatic rings. The summed E-state index contributed by atoms with van der Waals surface area (Å²) in [6.07, 6.45) is 4.36. The van der Waals surface area contributed by atoms with Crippen LogP contribution in [0.3, 0.4) is 0 Å². The second kappa shape index (κ2) is 6.57. The van der Waals surface area contributed by atoms with Crippen LogP contribution in [0.25, 0.3) is 0 Å². The van der Waals surface area contributed by atoms with Crippen molar-refractivity contribution in [3.05, 3.63) is 23.9 Å². The largest absolute Gasteiger partial charge is 0.481 e. The summed E-state index contributed by atoms with van der Waals surface area (Å²) >= 11 is 0. The number of nitrogens with one attached hydrogen (secondary N) is 2. The summed E-state index contributed by atoms with van der Waals surface area (Å²) in [5, 5.41) is 6.90. The minimum Gasteiger partial charge on any atom is -0.481 e. The van der Waals surface area contributed by atoms with Crippen molar-refractivity contribution >= 4 is 0 Å². The molecule has 0 radical (unpaired) electrons. The molecule has 0 saturated carbocycles. The molecule has 1 fully saturated rings. The van der Waals surface area contributed by atoms with Crippen LogP contribution in [0.5, 0.6) is 5.88 Å². The van der Waals surface area contributed by atoms with Crippen molar-refractivity contribution in [1.82, 2.24) is 15.6 Å². The average Bonchev–Trinajstić information content (AvgIpc) is 2.40. The highest BCUT2D eigenvalue weighted by molar-refractivity contribution is 5.20. The van der Waals surface area contributed by atoms with E-state index < -0.39 is 0 Å². The van der Waals surface area contributed by atoms with Gasteiger partial charge >= 0.3 is 0 Å². The molecule has 1 aliphatic rings. The van der Waals surface area contributed by atoms with E-state index in [-0.39, 0.29) is 0 Å². The number of rotatable bonds is 5. The summed E-state index contributed by atoms with van der Waals surface area (Å²) in [5.41, 5.74) is 1.23. The molecule has 2 heterocycles. The van der Waals surface area contributed by atoms with E-state index in [9.17, 15) is 0 Å². The Hall–Kier alpha value is -1.13. The van der Waals surface area contributed by atoms with Crippen molar-refractivity contribution in [2.24, 2.45) is 5.92 Å². The molecule has 2 N–H and O–H groups in total. The Morgan fingerprint density at radius 3 is 3.06 bits per heavy atom. The van der Waals surface area contributed by atoms with Crippen molar-refractivity contribution in [3.63, 3.8) is 0 Å². The second-order valence-corrected chi connectivity index (χ2v) is 4.53. The zero-order chi connectivity index (χ0) is 11.9. The molecule has 0 amide bonds. The summed E-state index contributed by atoms with van der Waals surface area (Å²) in [5.74, 6) is 1.51. The molecule has 0 atom stereocenters. The Kier molecular flexibility index (Phi) is 4.76. The van der Waals surface area contributed by atoms with Gasteiger partial charge in [0.05, 0.1) is 7.11 Å². The third-order valence-electron chi connectivity index (χ3n) is 3.23. The van der Waals surface area contributed by atoms with Crippen molar-refractivity contribution in [1.29, 1.82) is 0 Å². The molecule has 0 aliphatic carbocycles. The number of hydrogen-bond acceptors (Lipinski definition) is 4. The number of nitrogens with zero attached hydrogens (tertiary/aromatic N) is 1. The first kappa shape index (κ1) is 12.3. The molecule has 0 aromatic carbocycles. The lowest BCUT2D eigenvalue weighted by atomic mass is 9.98. The highest BCUT2D eigenvalue weighted by Gasteiger charge is 2.11. The van der Waals surface area contributed by atoms with E-state index in [4.69, 9.17) is 4.74 Å². The van der Waals surface area contributed by atoms with Gasteiger partial charge in [-0.1, -0.05) is 0 Å². The number of ether oxygens (including phenoxy) is 1. The van der Waals surface area contributed by atoms with E-state index in [1.165, 1.54) is 18.4 Å². The summed E-state index contributed by atoms with van der Waals surface area (Å²) in [7, 11) is 1.65. The Morgan fingerprint density at radius 1 is 1.47 bits per heavy atom. The molecule has 1 aromatic heterocycles. The van der Waals surface area contributed by atoms with E-state index in [0.717, 1.165) is 32.1 Å². The zero-order valence-electron chi connectivity index (χ0n) is 10.4. The van der Waals surface area contributed by atoms with Gasteiger partial charge in [0, 0.05) is 18.8 Å². The van der Waals surface area contributed by atoms with E-state index in [0.29, 0.717) is 5.88 Å². The Balaban J connectivity index is 1.73. The van der Waals surface area contributed by atoms with Gasteiger partial charge in [-0.2, -0.15) is 0 Å². The molecule has 0 spiro atoms. The smallest absolute Gasteiger partial charge is 0.213 e. The second-order valence-electron chi connectivity index (χ2n) is 4.53. The van der Waals surface area contributed by atoms with Crippen LogP contribution in [0.1, 0.15) is 18.4 Å². The van der Waals surface area contributed by atoms with E-state index in [1.54, 1.807) is 13.3 Å². The fraction of sp³-hybridized carbons (Fsp3) is 0.615. The van der Waals surface area contributed by atoms with Gasteiger partial charge in [-0.15, -0.1) is 0 Å². The number of hydrogen-bond donors (Lipinski definition) is 2. The van der Waals surface area contributed by atoms with E-state index in [2.05, 4.69) is 15.6 Å². The SMILES string of the molecule is COc1cc(CNCC2CCNCC2)ccn1. The Labute approximate surface area is 103 Å². The maximum atomic E-state index is 5.10. The molecule has 17 heavy (non-hydrogen) atoms. The van der Waals surface area contributed by atoms with Gasteiger partial charge in [-0.3, -0.25) is 0 Å². The summed E-state index contributed by atoms with van der Waals surface area (Å²) in [4.78, 5) is 4.10. The summed E-state index contributed by atoms with van der Waals surface area (Å²) in [6, 6.07) is 4.01. The predicted octanol–water partition coefficient (Wildman–Crippen LogP) is 1.18. The third-order valence-corrected chi connectivity index (χ3v) is 3.23. The molecule has 2 rings (SSSR count). The first-order chi connectivity index (χ1) is 8.38. The fourth-order valence-electron chi connectivity index (χ4n) is 2.18. The monoisotopic (exact) mass is 235 g/mol. The quantitative estimate of drug-likeness (QED) is 0.804. The van der Waals surface area contributed by atoms with Crippen LogP contribution in [-0.4, -0.2) is 31.7 Å². The van der Waals surface area contributed by atoms with Crippen molar-refractivity contribution in [2.75, 3.05) is 26.7 Å². The average molecular weight is 235 g/mol. The van der Waals surface area contributed by atoms with Gasteiger partial charge < -0.3 is 15.4 Å². The Morgan fingerprint density at radius 2 is 2.29 bits per heavy atom. The van der Waals surface area contributed by atoms with Crippen molar-refractivity contribution in [3.8, 4) is 5.88 Å². The lowest BCUT2D eigenvalue weighted by molar-refractivity contribution is 0.356. The first-order valence-corrected chi connectivity index (χ1v) is 6.29. The van der Waals surface area contributed by atoms with Gasteiger partial charge in [-0.05, 0) is 50.0 Å². The minimum absolute atomic E-state index is 0.686. The normalized spacial score (nSPS) is 17.0. The highest BCUT2D eigenvalue weighted by atomic mass is 16.5. The molecular weight excluding hydrogens is 214 g/mol. The molecule has 0 unspecified atom stereocenters. The molecule has 4 nitrogen and oxygen atoms in total. The molecule has 4 heteroatoms. The maximum Gasteiger partial charge on any atom is 0.213 e.